The highest BCUT2D eigenvalue weighted by atomic mass is 35.5. The van der Waals surface area contributed by atoms with E-state index in [1.807, 2.05) is 0 Å². The first-order valence-corrected chi connectivity index (χ1v) is 7.08. The van der Waals surface area contributed by atoms with Crippen molar-refractivity contribution in [1.29, 1.82) is 0 Å². The Morgan fingerprint density at radius 3 is 2.44 bits per heavy atom. The number of hydrogen-bond donors (Lipinski definition) is 2. The van der Waals surface area contributed by atoms with Gasteiger partial charge in [-0.1, -0.05) is 13.8 Å². The van der Waals surface area contributed by atoms with Gasteiger partial charge in [0.2, 0.25) is 5.91 Å². The van der Waals surface area contributed by atoms with Crippen molar-refractivity contribution in [3.05, 3.63) is 0 Å². The molecule has 2 fully saturated rings. The Hall–Kier alpha value is -0.280. The molecule has 18 heavy (non-hydrogen) atoms. The van der Waals surface area contributed by atoms with E-state index in [1.165, 1.54) is 12.8 Å². The maximum atomic E-state index is 12.1. The number of nitrogens with one attached hydrogen (secondary N) is 2. The second kappa shape index (κ2) is 6.76. The zero-order valence-electron chi connectivity index (χ0n) is 11.6. The first kappa shape index (κ1) is 15.8. The van der Waals surface area contributed by atoms with Crippen LogP contribution >= 0.6 is 12.4 Å². The van der Waals surface area contributed by atoms with Gasteiger partial charge in [-0.25, -0.2) is 0 Å². The maximum Gasteiger partial charge on any atom is 0.224 e. The van der Waals surface area contributed by atoms with E-state index in [-0.39, 0.29) is 24.2 Å². The highest BCUT2D eigenvalue weighted by Crippen LogP contribution is 2.35. The molecule has 2 N–H and O–H groups in total. The van der Waals surface area contributed by atoms with Crippen LogP contribution in [0.25, 0.3) is 0 Å². The lowest BCUT2D eigenvalue weighted by molar-refractivity contribution is -0.126. The third-order valence-electron chi connectivity index (χ3n) is 4.35. The van der Waals surface area contributed by atoms with Gasteiger partial charge in [-0.15, -0.1) is 12.4 Å². The average molecular weight is 275 g/mol. The number of halogens is 1. The minimum absolute atomic E-state index is 0. The summed E-state index contributed by atoms with van der Waals surface area (Å²) in [5, 5.41) is 6.55. The Balaban J connectivity index is 0.00000162. The Morgan fingerprint density at radius 2 is 1.89 bits per heavy atom. The molecule has 1 aliphatic carbocycles. The van der Waals surface area contributed by atoms with Crippen molar-refractivity contribution in [1.82, 2.24) is 10.6 Å². The fourth-order valence-corrected chi connectivity index (χ4v) is 2.94. The van der Waals surface area contributed by atoms with Crippen molar-refractivity contribution in [2.45, 2.75) is 58.4 Å². The molecule has 3 nitrogen and oxygen atoms in total. The lowest BCUT2D eigenvalue weighted by Crippen LogP contribution is -2.46. The van der Waals surface area contributed by atoms with Gasteiger partial charge in [0.25, 0.3) is 0 Å². The van der Waals surface area contributed by atoms with E-state index < -0.39 is 0 Å². The molecule has 0 radical (unpaired) electrons. The molecule has 0 aromatic rings. The lowest BCUT2D eigenvalue weighted by atomic mass is 9.75. The fourth-order valence-electron chi connectivity index (χ4n) is 2.94. The molecule has 1 saturated carbocycles. The molecular weight excluding hydrogens is 248 g/mol. The first-order chi connectivity index (χ1) is 8.07. The second-order valence-electron chi connectivity index (χ2n) is 6.49. The predicted octanol–water partition coefficient (Wildman–Crippen LogP) is 2.49. The van der Waals surface area contributed by atoms with E-state index >= 15 is 0 Å². The van der Waals surface area contributed by atoms with Crippen LogP contribution in [0.2, 0.25) is 0 Å². The molecule has 0 spiro atoms. The van der Waals surface area contributed by atoms with Crippen LogP contribution in [0, 0.1) is 11.3 Å². The van der Waals surface area contributed by atoms with Crippen LogP contribution in [-0.4, -0.2) is 25.0 Å². The minimum atomic E-state index is 0. The zero-order chi connectivity index (χ0) is 12.3. The molecule has 106 valence electrons. The third-order valence-corrected chi connectivity index (χ3v) is 4.35. The van der Waals surface area contributed by atoms with Gasteiger partial charge in [0, 0.05) is 12.6 Å². The highest BCUT2D eigenvalue weighted by Gasteiger charge is 2.29. The molecule has 0 aromatic heterocycles. The number of amides is 1. The second-order valence-corrected chi connectivity index (χ2v) is 6.49. The van der Waals surface area contributed by atoms with Crippen molar-refractivity contribution in [3.63, 3.8) is 0 Å². The van der Waals surface area contributed by atoms with Gasteiger partial charge < -0.3 is 10.6 Å². The highest BCUT2D eigenvalue weighted by molar-refractivity contribution is 5.85. The van der Waals surface area contributed by atoms with Crippen molar-refractivity contribution < 1.29 is 4.79 Å². The fraction of sp³-hybridized carbons (Fsp3) is 0.929. The van der Waals surface area contributed by atoms with Gasteiger partial charge in [-0.3, -0.25) is 4.79 Å². The summed E-state index contributed by atoms with van der Waals surface area (Å²) in [5.74, 6) is 0.487. The summed E-state index contributed by atoms with van der Waals surface area (Å²) in [6.45, 7) is 6.59. The smallest absolute Gasteiger partial charge is 0.224 e. The lowest BCUT2D eigenvalue weighted by Gasteiger charge is -2.35. The molecule has 2 rings (SSSR count). The summed E-state index contributed by atoms with van der Waals surface area (Å²) in [6.07, 6.45) is 6.96. The van der Waals surface area contributed by atoms with Crippen molar-refractivity contribution in [2.75, 3.05) is 13.1 Å². The molecular formula is C14H27ClN2O. The van der Waals surface area contributed by atoms with Crippen LogP contribution in [0.3, 0.4) is 0 Å². The van der Waals surface area contributed by atoms with Crippen molar-refractivity contribution >= 4 is 18.3 Å². The van der Waals surface area contributed by atoms with E-state index in [0.29, 0.717) is 11.5 Å². The van der Waals surface area contributed by atoms with Crippen molar-refractivity contribution in [3.8, 4) is 0 Å². The molecule has 1 aliphatic heterocycles. The first-order valence-electron chi connectivity index (χ1n) is 7.08. The topological polar surface area (TPSA) is 41.1 Å². The van der Waals surface area contributed by atoms with Crippen molar-refractivity contribution in [2.24, 2.45) is 11.3 Å². The predicted molar refractivity (Wildman–Crippen MR) is 77.0 cm³/mol. The standard InChI is InChI=1S/C14H26N2O.ClH/c1-14(2)7-5-12(6-8-14)16-13(17)11-4-3-9-15-10-11;/h11-12,15H,3-10H2,1-2H3,(H,16,17);1H. The van der Waals surface area contributed by atoms with Gasteiger partial charge in [0.05, 0.1) is 5.92 Å². The summed E-state index contributed by atoms with van der Waals surface area (Å²) >= 11 is 0. The number of carbonyl (C=O) groups excluding carboxylic acids is 1. The Kier molecular flexibility index (Phi) is 5.93. The maximum absolute atomic E-state index is 12.1. The summed E-state index contributed by atoms with van der Waals surface area (Å²) in [5.41, 5.74) is 0.480. The number of hydrogen-bond acceptors (Lipinski definition) is 2. The van der Waals surface area contributed by atoms with E-state index in [0.717, 1.165) is 38.8 Å². The van der Waals surface area contributed by atoms with E-state index in [2.05, 4.69) is 24.5 Å². The van der Waals surface area contributed by atoms with Crippen LogP contribution in [0.5, 0.6) is 0 Å². The average Bonchev–Trinajstić information content (AvgIpc) is 2.33. The number of rotatable bonds is 2. The summed E-state index contributed by atoms with van der Waals surface area (Å²) in [7, 11) is 0. The van der Waals surface area contributed by atoms with Gasteiger partial charge in [0.1, 0.15) is 0 Å². The van der Waals surface area contributed by atoms with Gasteiger partial charge in [-0.05, 0) is 50.5 Å². The molecule has 1 heterocycles. The van der Waals surface area contributed by atoms with Crippen LogP contribution in [0.4, 0.5) is 0 Å². The number of carbonyl (C=O) groups is 1. The number of piperidine rings is 1. The van der Waals surface area contributed by atoms with Gasteiger partial charge in [0.15, 0.2) is 0 Å². The molecule has 1 unspecified atom stereocenters. The Labute approximate surface area is 117 Å². The molecule has 1 atom stereocenters. The molecule has 1 saturated heterocycles. The summed E-state index contributed by atoms with van der Waals surface area (Å²) in [4.78, 5) is 12.1. The third kappa shape index (κ3) is 4.43. The Bertz CT molecular complexity index is 265. The van der Waals surface area contributed by atoms with E-state index in [1.54, 1.807) is 0 Å². The molecule has 4 heteroatoms. The van der Waals surface area contributed by atoms with E-state index in [9.17, 15) is 4.79 Å². The van der Waals surface area contributed by atoms with Gasteiger partial charge in [-0.2, -0.15) is 0 Å². The molecule has 2 aliphatic rings. The molecule has 0 aromatic carbocycles. The zero-order valence-corrected chi connectivity index (χ0v) is 12.4. The van der Waals surface area contributed by atoms with Crippen LogP contribution in [-0.2, 0) is 4.79 Å². The van der Waals surface area contributed by atoms with Gasteiger partial charge >= 0.3 is 0 Å². The molecule has 0 bridgehead atoms. The minimum Gasteiger partial charge on any atom is -0.353 e. The normalized spacial score (nSPS) is 28.2. The van der Waals surface area contributed by atoms with Crippen LogP contribution in [0.1, 0.15) is 52.4 Å². The van der Waals surface area contributed by atoms with E-state index in [4.69, 9.17) is 0 Å². The summed E-state index contributed by atoms with van der Waals surface area (Å²) < 4.78 is 0. The Morgan fingerprint density at radius 1 is 1.22 bits per heavy atom. The van der Waals surface area contributed by atoms with Crippen LogP contribution in [0.15, 0.2) is 0 Å². The largest absolute Gasteiger partial charge is 0.353 e. The SMILES string of the molecule is CC1(C)CCC(NC(=O)C2CCCNC2)CC1.Cl. The molecule has 1 amide bonds. The quantitative estimate of drug-likeness (QED) is 0.812. The van der Waals surface area contributed by atoms with Crippen LogP contribution < -0.4 is 10.6 Å². The summed E-state index contributed by atoms with van der Waals surface area (Å²) in [6, 6.07) is 0.428. The monoisotopic (exact) mass is 274 g/mol.